The van der Waals surface area contributed by atoms with Gasteiger partial charge in [-0.2, -0.15) is 0 Å². The Labute approximate surface area is 120 Å². The van der Waals surface area contributed by atoms with Gasteiger partial charge >= 0.3 is 0 Å². The summed E-state index contributed by atoms with van der Waals surface area (Å²) in [5.41, 5.74) is 0. The molecular weight excluding hydrogens is 236 g/mol. The van der Waals surface area contributed by atoms with Gasteiger partial charge in [-0.1, -0.05) is 27.7 Å². The van der Waals surface area contributed by atoms with Gasteiger partial charge in [0.25, 0.3) is 0 Å². The van der Waals surface area contributed by atoms with Gasteiger partial charge in [0, 0.05) is 25.7 Å². The average molecular weight is 270 g/mol. The quantitative estimate of drug-likeness (QED) is 0.734. The number of ether oxygens (including phenoxy) is 1. The van der Waals surface area contributed by atoms with E-state index >= 15 is 0 Å². The Morgan fingerprint density at radius 1 is 1.26 bits per heavy atom. The summed E-state index contributed by atoms with van der Waals surface area (Å²) in [6.45, 7) is 13.4. The highest BCUT2D eigenvalue weighted by Crippen LogP contribution is 2.32. The fourth-order valence-corrected chi connectivity index (χ4v) is 3.45. The molecule has 1 rings (SSSR count). The van der Waals surface area contributed by atoms with Crippen LogP contribution in [-0.4, -0.2) is 50.3 Å². The lowest BCUT2D eigenvalue weighted by Gasteiger charge is -2.44. The molecule has 1 aliphatic rings. The Morgan fingerprint density at radius 2 is 2.00 bits per heavy atom. The Bertz CT molecular complexity index is 233. The molecule has 0 radical (unpaired) electrons. The van der Waals surface area contributed by atoms with Crippen LogP contribution in [0.3, 0.4) is 0 Å². The van der Waals surface area contributed by atoms with Crippen molar-refractivity contribution in [3.8, 4) is 0 Å². The van der Waals surface area contributed by atoms with E-state index in [1.165, 1.54) is 19.3 Å². The molecule has 0 aromatic heterocycles. The topological polar surface area (TPSA) is 24.5 Å². The van der Waals surface area contributed by atoms with Crippen molar-refractivity contribution in [2.75, 3.05) is 33.4 Å². The largest absolute Gasteiger partial charge is 0.383 e. The Hall–Kier alpha value is -0.120. The molecule has 0 aromatic rings. The summed E-state index contributed by atoms with van der Waals surface area (Å²) < 4.78 is 5.27. The smallest absolute Gasteiger partial charge is 0.0589 e. The zero-order valence-electron chi connectivity index (χ0n) is 13.6. The monoisotopic (exact) mass is 270 g/mol. The summed E-state index contributed by atoms with van der Waals surface area (Å²) in [4.78, 5) is 2.62. The molecule has 19 heavy (non-hydrogen) atoms. The molecule has 0 aliphatic heterocycles. The maximum atomic E-state index is 5.27. The molecule has 3 nitrogen and oxygen atoms in total. The first-order valence-corrected chi connectivity index (χ1v) is 8.10. The third-order valence-corrected chi connectivity index (χ3v) is 4.72. The van der Waals surface area contributed by atoms with E-state index in [-0.39, 0.29) is 0 Å². The minimum absolute atomic E-state index is 0.664. The van der Waals surface area contributed by atoms with Crippen LogP contribution in [0, 0.1) is 11.8 Å². The van der Waals surface area contributed by atoms with Crippen molar-refractivity contribution in [2.24, 2.45) is 11.8 Å². The lowest BCUT2D eigenvalue weighted by atomic mass is 9.76. The summed E-state index contributed by atoms with van der Waals surface area (Å²) >= 11 is 0. The molecule has 0 amide bonds. The first-order chi connectivity index (χ1) is 9.13. The van der Waals surface area contributed by atoms with Crippen molar-refractivity contribution in [1.29, 1.82) is 0 Å². The highest BCUT2D eigenvalue weighted by molar-refractivity contribution is 4.91. The average Bonchev–Trinajstić information content (AvgIpc) is 2.41. The van der Waals surface area contributed by atoms with E-state index in [1.54, 1.807) is 7.11 Å². The molecular formula is C16H34N2O. The highest BCUT2D eigenvalue weighted by Gasteiger charge is 2.34. The van der Waals surface area contributed by atoms with Crippen LogP contribution >= 0.6 is 0 Å². The molecule has 3 unspecified atom stereocenters. The zero-order valence-corrected chi connectivity index (χ0v) is 13.6. The third kappa shape index (κ3) is 5.05. The Kier molecular flexibility index (Phi) is 7.96. The number of hydrogen-bond acceptors (Lipinski definition) is 3. The molecule has 0 heterocycles. The maximum Gasteiger partial charge on any atom is 0.0589 e. The van der Waals surface area contributed by atoms with Crippen molar-refractivity contribution in [2.45, 2.75) is 59.0 Å². The van der Waals surface area contributed by atoms with Crippen LogP contribution in [0.25, 0.3) is 0 Å². The number of hydrogen-bond donors (Lipinski definition) is 1. The third-order valence-electron chi connectivity index (χ3n) is 4.72. The van der Waals surface area contributed by atoms with Crippen LogP contribution in [0.4, 0.5) is 0 Å². The molecule has 1 fully saturated rings. The van der Waals surface area contributed by atoms with Gasteiger partial charge in [0.1, 0.15) is 0 Å². The van der Waals surface area contributed by atoms with Crippen molar-refractivity contribution in [1.82, 2.24) is 10.2 Å². The highest BCUT2D eigenvalue weighted by atomic mass is 16.5. The minimum Gasteiger partial charge on any atom is -0.383 e. The van der Waals surface area contributed by atoms with Gasteiger partial charge in [0.2, 0.25) is 0 Å². The lowest BCUT2D eigenvalue weighted by Crippen LogP contribution is -2.54. The van der Waals surface area contributed by atoms with E-state index in [0.29, 0.717) is 12.1 Å². The van der Waals surface area contributed by atoms with E-state index < -0.39 is 0 Å². The molecule has 3 heteroatoms. The lowest BCUT2D eigenvalue weighted by molar-refractivity contribution is 0.0632. The van der Waals surface area contributed by atoms with Crippen LogP contribution in [-0.2, 0) is 4.74 Å². The number of likely N-dealkylation sites (N-methyl/N-ethyl adjacent to an activating group) is 2. The number of nitrogens with one attached hydrogen (secondary N) is 1. The van der Waals surface area contributed by atoms with Gasteiger partial charge in [-0.3, -0.25) is 4.90 Å². The van der Waals surface area contributed by atoms with Crippen molar-refractivity contribution in [3.63, 3.8) is 0 Å². The summed E-state index contributed by atoms with van der Waals surface area (Å²) in [6, 6.07) is 1.35. The molecule has 0 bridgehead atoms. The standard InChI is InChI=1S/C16H34N2O/c1-6-17-15-9-8-14(13(3)4)12-16(15)18(7-2)10-11-19-5/h13-17H,6-12H2,1-5H3. The molecule has 1 aliphatic carbocycles. The van der Waals surface area contributed by atoms with Gasteiger partial charge in [-0.25, -0.2) is 0 Å². The number of nitrogens with zero attached hydrogens (tertiary/aromatic N) is 1. The fourth-order valence-electron chi connectivity index (χ4n) is 3.45. The SMILES string of the molecule is CCNC1CCC(C(C)C)CC1N(CC)CCOC. The van der Waals surface area contributed by atoms with Crippen molar-refractivity contribution < 1.29 is 4.74 Å². The van der Waals surface area contributed by atoms with Gasteiger partial charge in [-0.15, -0.1) is 0 Å². The van der Waals surface area contributed by atoms with Gasteiger partial charge in [-0.05, 0) is 44.2 Å². The maximum absolute atomic E-state index is 5.27. The summed E-state index contributed by atoms with van der Waals surface area (Å²) in [7, 11) is 1.80. The first kappa shape index (κ1) is 16.9. The second-order valence-electron chi connectivity index (χ2n) is 6.17. The van der Waals surface area contributed by atoms with E-state index in [2.05, 4.69) is 37.9 Å². The minimum atomic E-state index is 0.664. The van der Waals surface area contributed by atoms with Crippen LogP contribution in [0.15, 0.2) is 0 Å². The van der Waals surface area contributed by atoms with E-state index in [9.17, 15) is 0 Å². The predicted molar refractivity (Wildman–Crippen MR) is 82.6 cm³/mol. The normalized spacial score (nSPS) is 28.3. The molecule has 114 valence electrons. The van der Waals surface area contributed by atoms with Crippen molar-refractivity contribution >= 4 is 0 Å². The number of rotatable bonds is 8. The molecule has 1 saturated carbocycles. The predicted octanol–water partition coefficient (Wildman–Crippen LogP) is 2.76. The zero-order chi connectivity index (χ0) is 14.3. The summed E-state index contributed by atoms with van der Waals surface area (Å²) in [6.07, 6.45) is 4.05. The van der Waals surface area contributed by atoms with Crippen molar-refractivity contribution in [3.05, 3.63) is 0 Å². The van der Waals surface area contributed by atoms with E-state index in [4.69, 9.17) is 4.74 Å². The van der Waals surface area contributed by atoms with Gasteiger partial charge in [0.15, 0.2) is 0 Å². The van der Waals surface area contributed by atoms with Crippen LogP contribution in [0.1, 0.15) is 47.0 Å². The molecule has 0 spiro atoms. The second-order valence-corrected chi connectivity index (χ2v) is 6.17. The Balaban J connectivity index is 2.68. The van der Waals surface area contributed by atoms with Crippen LogP contribution in [0.2, 0.25) is 0 Å². The molecule has 3 atom stereocenters. The summed E-state index contributed by atoms with van der Waals surface area (Å²) in [5, 5.41) is 3.70. The molecule has 0 saturated heterocycles. The second kappa shape index (κ2) is 8.93. The molecule has 1 N–H and O–H groups in total. The van der Waals surface area contributed by atoms with Gasteiger partial charge < -0.3 is 10.1 Å². The van der Waals surface area contributed by atoms with Gasteiger partial charge in [0.05, 0.1) is 6.61 Å². The summed E-state index contributed by atoms with van der Waals surface area (Å²) in [5.74, 6) is 1.70. The van der Waals surface area contributed by atoms with Crippen LogP contribution in [0.5, 0.6) is 0 Å². The first-order valence-electron chi connectivity index (χ1n) is 8.10. The fraction of sp³-hybridized carbons (Fsp3) is 1.00. The molecule has 0 aromatic carbocycles. The number of methoxy groups -OCH3 is 1. The van der Waals surface area contributed by atoms with Crippen LogP contribution < -0.4 is 5.32 Å². The van der Waals surface area contributed by atoms with E-state index in [1.807, 2.05) is 0 Å². The van der Waals surface area contributed by atoms with E-state index in [0.717, 1.165) is 38.1 Å². The Morgan fingerprint density at radius 3 is 2.53 bits per heavy atom.